The van der Waals surface area contributed by atoms with Crippen molar-refractivity contribution in [3.63, 3.8) is 0 Å². The van der Waals surface area contributed by atoms with Crippen LogP contribution >= 0.6 is 0 Å². The predicted molar refractivity (Wildman–Crippen MR) is 52.2 cm³/mol. The standard InChI is InChI=1S/C9H11N5/c1-6-7(5-10)4-8(14-13-6)9-11-2-3-12-9/h2-4H,5,10H2,1H3,(H,11,12). The van der Waals surface area contributed by atoms with Crippen molar-refractivity contribution >= 4 is 0 Å². The third kappa shape index (κ3) is 1.49. The Morgan fingerprint density at radius 2 is 2.29 bits per heavy atom. The third-order valence-electron chi connectivity index (χ3n) is 2.04. The van der Waals surface area contributed by atoms with Crippen LogP contribution in [0.15, 0.2) is 18.5 Å². The summed E-state index contributed by atoms with van der Waals surface area (Å²) in [6, 6.07) is 1.90. The van der Waals surface area contributed by atoms with Crippen LogP contribution in [0.5, 0.6) is 0 Å². The monoisotopic (exact) mass is 189 g/mol. The van der Waals surface area contributed by atoms with Crippen LogP contribution in [0.2, 0.25) is 0 Å². The number of nitrogens with one attached hydrogen (secondary N) is 1. The van der Waals surface area contributed by atoms with Crippen LogP contribution in [-0.2, 0) is 6.54 Å². The van der Waals surface area contributed by atoms with Gasteiger partial charge in [-0.3, -0.25) is 0 Å². The predicted octanol–water partition coefficient (Wildman–Crippen LogP) is 0.634. The van der Waals surface area contributed by atoms with Crippen LogP contribution in [0.25, 0.3) is 11.5 Å². The summed E-state index contributed by atoms with van der Waals surface area (Å²) in [6.45, 7) is 2.36. The zero-order valence-corrected chi connectivity index (χ0v) is 7.86. The van der Waals surface area contributed by atoms with Crippen LogP contribution < -0.4 is 5.73 Å². The van der Waals surface area contributed by atoms with Crippen LogP contribution in [-0.4, -0.2) is 20.2 Å². The van der Waals surface area contributed by atoms with E-state index < -0.39 is 0 Å². The van der Waals surface area contributed by atoms with E-state index >= 15 is 0 Å². The van der Waals surface area contributed by atoms with Gasteiger partial charge >= 0.3 is 0 Å². The lowest BCUT2D eigenvalue weighted by Gasteiger charge is -2.02. The maximum Gasteiger partial charge on any atom is 0.157 e. The fourth-order valence-corrected chi connectivity index (χ4v) is 1.22. The molecule has 0 aromatic carbocycles. The molecule has 0 saturated heterocycles. The smallest absolute Gasteiger partial charge is 0.157 e. The van der Waals surface area contributed by atoms with E-state index in [-0.39, 0.29) is 0 Å². The number of aromatic nitrogens is 4. The zero-order valence-electron chi connectivity index (χ0n) is 7.86. The summed E-state index contributed by atoms with van der Waals surface area (Å²) in [5.41, 5.74) is 8.15. The third-order valence-corrected chi connectivity index (χ3v) is 2.04. The zero-order chi connectivity index (χ0) is 9.97. The van der Waals surface area contributed by atoms with Gasteiger partial charge in [0.2, 0.25) is 0 Å². The molecule has 0 aliphatic heterocycles. The quantitative estimate of drug-likeness (QED) is 0.726. The Balaban J connectivity index is 2.46. The summed E-state index contributed by atoms with van der Waals surface area (Å²) in [6.07, 6.45) is 3.43. The molecule has 3 N–H and O–H groups in total. The van der Waals surface area contributed by atoms with Crippen molar-refractivity contribution in [3.05, 3.63) is 29.7 Å². The van der Waals surface area contributed by atoms with Crippen molar-refractivity contribution in [2.45, 2.75) is 13.5 Å². The van der Waals surface area contributed by atoms with Gasteiger partial charge in [-0.2, -0.15) is 5.10 Å². The van der Waals surface area contributed by atoms with Gasteiger partial charge in [0.05, 0.1) is 5.69 Å². The van der Waals surface area contributed by atoms with Crippen molar-refractivity contribution < 1.29 is 0 Å². The molecule has 0 atom stereocenters. The maximum absolute atomic E-state index is 5.57. The van der Waals surface area contributed by atoms with Crippen molar-refractivity contribution in [1.29, 1.82) is 0 Å². The Hall–Kier alpha value is -1.75. The fraction of sp³-hybridized carbons (Fsp3) is 0.222. The molecule has 0 spiro atoms. The van der Waals surface area contributed by atoms with Crippen molar-refractivity contribution in [3.8, 4) is 11.5 Å². The number of hydrogen-bond donors (Lipinski definition) is 2. The van der Waals surface area contributed by atoms with Crippen molar-refractivity contribution in [2.75, 3.05) is 0 Å². The minimum absolute atomic E-state index is 0.467. The summed E-state index contributed by atoms with van der Waals surface area (Å²) in [5.74, 6) is 0.715. The second kappa shape index (κ2) is 3.55. The van der Waals surface area contributed by atoms with E-state index in [1.165, 1.54) is 0 Å². The fourth-order valence-electron chi connectivity index (χ4n) is 1.22. The largest absolute Gasteiger partial charge is 0.343 e. The van der Waals surface area contributed by atoms with Gasteiger partial charge in [-0.05, 0) is 18.6 Å². The van der Waals surface area contributed by atoms with Gasteiger partial charge in [0.1, 0.15) is 5.69 Å². The van der Waals surface area contributed by atoms with Gasteiger partial charge in [-0.1, -0.05) is 0 Å². The SMILES string of the molecule is Cc1nnc(-c2ncc[nH]2)cc1CN. The lowest BCUT2D eigenvalue weighted by Crippen LogP contribution is -2.03. The molecule has 0 aliphatic carbocycles. The van der Waals surface area contributed by atoms with Crippen molar-refractivity contribution in [1.82, 2.24) is 20.2 Å². The first kappa shape index (κ1) is 8.83. The first-order chi connectivity index (χ1) is 6.81. The molecule has 5 heteroatoms. The minimum Gasteiger partial charge on any atom is -0.343 e. The number of rotatable bonds is 2. The summed E-state index contributed by atoms with van der Waals surface area (Å²) in [4.78, 5) is 7.06. The molecule has 0 aliphatic rings. The summed E-state index contributed by atoms with van der Waals surface area (Å²) in [7, 11) is 0. The van der Waals surface area contributed by atoms with Crippen LogP contribution in [0, 0.1) is 6.92 Å². The van der Waals surface area contributed by atoms with E-state index in [1.807, 2.05) is 13.0 Å². The average Bonchev–Trinajstić information content (AvgIpc) is 2.71. The van der Waals surface area contributed by atoms with Gasteiger partial charge < -0.3 is 10.7 Å². The molecule has 0 bridgehead atoms. The summed E-state index contributed by atoms with van der Waals surface area (Å²) >= 11 is 0. The molecule has 72 valence electrons. The summed E-state index contributed by atoms with van der Waals surface area (Å²) < 4.78 is 0. The van der Waals surface area contributed by atoms with E-state index in [9.17, 15) is 0 Å². The molecule has 2 aromatic rings. The number of hydrogen-bond acceptors (Lipinski definition) is 4. The van der Waals surface area contributed by atoms with Gasteiger partial charge in [0, 0.05) is 18.9 Å². The highest BCUT2D eigenvalue weighted by Gasteiger charge is 2.05. The average molecular weight is 189 g/mol. The topological polar surface area (TPSA) is 80.5 Å². The second-order valence-electron chi connectivity index (χ2n) is 2.98. The van der Waals surface area contributed by atoms with Crippen LogP contribution in [0.4, 0.5) is 0 Å². The Kier molecular flexibility index (Phi) is 2.24. The molecular formula is C9H11N5. The molecule has 2 aromatic heterocycles. The number of H-pyrrole nitrogens is 1. The van der Waals surface area contributed by atoms with Gasteiger partial charge in [0.25, 0.3) is 0 Å². The summed E-state index contributed by atoms with van der Waals surface area (Å²) in [5, 5.41) is 8.05. The molecule has 2 rings (SSSR count). The Morgan fingerprint density at radius 1 is 1.43 bits per heavy atom. The van der Waals surface area contributed by atoms with Gasteiger partial charge in [-0.25, -0.2) is 4.98 Å². The van der Waals surface area contributed by atoms with Crippen LogP contribution in [0.3, 0.4) is 0 Å². The maximum atomic E-state index is 5.57. The van der Waals surface area contributed by atoms with E-state index in [1.54, 1.807) is 12.4 Å². The Bertz CT molecular complexity index is 421. The first-order valence-corrected chi connectivity index (χ1v) is 4.34. The Morgan fingerprint density at radius 3 is 2.93 bits per heavy atom. The highest BCUT2D eigenvalue weighted by Crippen LogP contribution is 2.13. The Labute approximate surface area is 81.4 Å². The molecule has 0 saturated carbocycles. The minimum atomic E-state index is 0.467. The van der Waals surface area contributed by atoms with Gasteiger partial charge in [-0.15, -0.1) is 5.10 Å². The second-order valence-corrected chi connectivity index (χ2v) is 2.98. The molecular weight excluding hydrogens is 178 g/mol. The van der Waals surface area contributed by atoms with E-state index in [4.69, 9.17) is 5.73 Å². The molecule has 5 nitrogen and oxygen atoms in total. The normalized spacial score (nSPS) is 10.4. The van der Waals surface area contributed by atoms with Crippen molar-refractivity contribution in [2.24, 2.45) is 5.73 Å². The lowest BCUT2D eigenvalue weighted by molar-refractivity contribution is 0.918. The number of aromatic amines is 1. The first-order valence-electron chi connectivity index (χ1n) is 4.34. The molecule has 0 amide bonds. The number of nitrogens with zero attached hydrogens (tertiary/aromatic N) is 3. The lowest BCUT2D eigenvalue weighted by atomic mass is 10.2. The number of aryl methyl sites for hydroxylation is 1. The molecule has 2 heterocycles. The van der Waals surface area contributed by atoms with Crippen LogP contribution in [0.1, 0.15) is 11.3 Å². The van der Waals surface area contributed by atoms with E-state index in [0.29, 0.717) is 12.4 Å². The molecule has 0 fully saturated rings. The number of nitrogens with two attached hydrogens (primary N) is 1. The number of imidazole rings is 1. The van der Waals surface area contributed by atoms with E-state index in [0.717, 1.165) is 17.0 Å². The van der Waals surface area contributed by atoms with Gasteiger partial charge in [0.15, 0.2) is 5.82 Å². The highest BCUT2D eigenvalue weighted by molar-refractivity contribution is 5.49. The van der Waals surface area contributed by atoms with E-state index in [2.05, 4.69) is 20.2 Å². The highest BCUT2D eigenvalue weighted by atomic mass is 15.1. The molecule has 0 unspecified atom stereocenters. The molecule has 14 heavy (non-hydrogen) atoms. The molecule has 0 radical (unpaired) electrons.